The van der Waals surface area contributed by atoms with Crippen molar-refractivity contribution >= 4 is 50.7 Å². The van der Waals surface area contributed by atoms with E-state index in [1.165, 1.54) is 12.1 Å². The molecule has 0 unspecified atom stereocenters. The molecule has 0 aliphatic rings. The van der Waals surface area contributed by atoms with E-state index < -0.39 is 75.4 Å². The van der Waals surface area contributed by atoms with Gasteiger partial charge in [-0.2, -0.15) is 0 Å². The van der Waals surface area contributed by atoms with Crippen molar-refractivity contribution in [3.63, 3.8) is 0 Å². The lowest BCUT2D eigenvalue weighted by molar-refractivity contribution is 0.418. The second-order valence-electron chi connectivity index (χ2n) is 6.19. The third kappa shape index (κ3) is 2.85. The van der Waals surface area contributed by atoms with E-state index in [9.17, 15) is 35.1 Å². The van der Waals surface area contributed by atoms with Crippen LogP contribution < -0.4 is 10.6 Å². The molecule has 4 aromatic rings. The van der Waals surface area contributed by atoms with E-state index in [1.54, 1.807) is 0 Å². The van der Waals surface area contributed by atoms with Crippen LogP contribution in [0.25, 0.3) is 21.5 Å². The second kappa shape index (κ2) is 7.36. The van der Waals surface area contributed by atoms with Crippen LogP contribution in [0, 0.1) is 46.5 Å². The highest BCUT2D eigenvalue weighted by Gasteiger charge is 2.28. The number of benzene rings is 4. The standard InChI is InChI=1S/C20H6ClF8P/c21-30(9-5-1-3-7-11(9)15(24)19(28)17(26)13(7)22)10-6-2-4-8-12(10)16(25)20(29)18(27)14(8)23/h1-6H. The van der Waals surface area contributed by atoms with Gasteiger partial charge in [-0.1, -0.05) is 47.6 Å². The van der Waals surface area contributed by atoms with Crippen molar-refractivity contribution in [2.45, 2.75) is 0 Å². The average molecular weight is 465 g/mol. The van der Waals surface area contributed by atoms with E-state index >= 15 is 0 Å². The van der Waals surface area contributed by atoms with Crippen LogP contribution in [0.15, 0.2) is 36.4 Å². The monoisotopic (exact) mass is 464 g/mol. The van der Waals surface area contributed by atoms with Crippen molar-refractivity contribution in [1.29, 1.82) is 0 Å². The Morgan fingerprint density at radius 1 is 0.467 bits per heavy atom. The first-order valence-electron chi connectivity index (χ1n) is 8.12. The van der Waals surface area contributed by atoms with E-state index in [0.29, 0.717) is 0 Å². The van der Waals surface area contributed by atoms with Crippen LogP contribution in [0.4, 0.5) is 35.1 Å². The van der Waals surface area contributed by atoms with Gasteiger partial charge in [0.1, 0.15) is 0 Å². The molecule has 0 fully saturated rings. The third-order valence-corrected chi connectivity index (χ3v) is 7.26. The maximum absolute atomic E-state index is 14.5. The molecule has 0 atom stereocenters. The van der Waals surface area contributed by atoms with Crippen molar-refractivity contribution in [3.8, 4) is 0 Å². The lowest BCUT2D eigenvalue weighted by Gasteiger charge is -2.17. The van der Waals surface area contributed by atoms with Crippen LogP contribution in [0.1, 0.15) is 0 Å². The molecule has 10 heteroatoms. The molecular weight excluding hydrogens is 459 g/mol. The molecule has 0 bridgehead atoms. The quantitative estimate of drug-likeness (QED) is 0.134. The van der Waals surface area contributed by atoms with Crippen molar-refractivity contribution in [3.05, 3.63) is 82.9 Å². The Kier molecular flexibility index (Phi) is 5.11. The molecule has 0 nitrogen and oxygen atoms in total. The molecule has 0 N–H and O–H groups in total. The Morgan fingerprint density at radius 3 is 1.17 bits per heavy atom. The molecule has 4 rings (SSSR count). The lowest BCUT2D eigenvalue weighted by atomic mass is 10.1. The Labute approximate surface area is 169 Å². The molecule has 0 saturated heterocycles. The average Bonchev–Trinajstić information content (AvgIpc) is 2.76. The first kappa shape index (κ1) is 20.8. The number of fused-ring (bicyclic) bond motifs is 2. The molecule has 0 saturated carbocycles. The highest BCUT2D eigenvalue weighted by atomic mass is 35.7. The van der Waals surface area contributed by atoms with Crippen molar-refractivity contribution in [2.24, 2.45) is 0 Å². The van der Waals surface area contributed by atoms with Gasteiger partial charge >= 0.3 is 0 Å². The minimum absolute atomic E-state index is 0.253. The predicted molar refractivity (Wildman–Crippen MR) is 99.6 cm³/mol. The second-order valence-corrected chi connectivity index (χ2v) is 8.73. The summed E-state index contributed by atoms with van der Waals surface area (Å²) in [4.78, 5) is 0. The Hall–Kier alpha value is -2.44. The Bertz CT molecular complexity index is 1250. The summed E-state index contributed by atoms with van der Waals surface area (Å²) in [6.45, 7) is 0. The summed E-state index contributed by atoms with van der Waals surface area (Å²) in [6.07, 6.45) is 0. The fraction of sp³-hybridized carbons (Fsp3) is 0. The number of hydrogen-bond donors (Lipinski definition) is 0. The van der Waals surface area contributed by atoms with Gasteiger partial charge in [-0.05, 0) is 0 Å². The first-order chi connectivity index (χ1) is 14.2. The Balaban J connectivity index is 2.08. The normalized spacial score (nSPS) is 11.8. The van der Waals surface area contributed by atoms with E-state index in [-0.39, 0.29) is 10.6 Å². The van der Waals surface area contributed by atoms with Gasteiger partial charge < -0.3 is 0 Å². The highest BCUT2D eigenvalue weighted by Crippen LogP contribution is 2.45. The van der Waals surface area contributed by atoms with Gasteiger partial charge in [-0.15, -0.1) is 0 Å². The van der Waals surface area contributed by atoms with E-state index in [0.717, 1.165) is 24.3 Å². The summed E-state index contributed by atoms with van der Waals surface area (Å²) < 4.78 is 112. The van der Waals surface area contributed by atoms with Gasteiger partial charge in [-0.3, -0.25) is 0 Å². The third-order valence-electron chi connectivity index (χ3n) is 4.58. The molecule has 154 valence electrons. The molecule has 30 heavy (non-hydrogen) atoms. The summed E-state index contributed by atoms with van der Waals surface area (Å²) in [5, 5.41) is -3.15. The first-order valence-corrected chi connectivity index (χ1v) is 10.4. The molecule has 0 spiro atoms. The van der Waals surface area contributed by atoms with Crippen LogP contribution in [0.2, 0.25) is 0 Å². The van der Waals surface area contributed by atoms with Gasteiger partial charge in [0.05, 0.1) is 7.27 Å². The van der Waals surface area contributed by atoms with E-state index in [2.05, 4.69) is 0 Å². The summed E-state index contributed by atoms with van der Waals surface area (Å²) >= 11 is 6.38. The maximum Gasteiger partial charge on any atom is 0.198 e. The zero-order valence-corrected chi connectivity index (χ0v) is 16.0. The SMILES string of the molecule is Fc1c(F)c(F)c2c(P(Cl)c3cccc4c(F)c(F)c(F)c(F)c34)cccc2c1F. The molecule has 0 radical (unpaired) electrons. The summed E-state index contributed by atoms with van der Waals surface area (Å²) in [5.41, 5.74) is 0. The van der Waals surface area contributed by atoms with Crippen LogP contribution >= 0.6 is 18.5 Å². The summed E-state index contributed by atoms with van der Waals surface area (Å²) in [7, 11) is -2.39. The largest absolute Gasteiger partial charge is 0.203 e. The van der Waals surface area contributed by atoms with Crippen molar-refractivity contribution < 1.29 is 35.1 Å². The number of rotatable bonds is 2. The Morgan fingerprint density at radius 2 is 0.800 bits per heavy atom. The van der Waals surface area contributed by atoms with Gasteiger partial charge in [0.2, 0.25) is 0 Å². The maximum atomic E-state index is 14.5. The molecule has 0 aliphatic carbocycles. The molecule has 0 aromatic heterocycles. The number of halogens is 9. The molecule has 0 heterocycles. The highest BCUT2D eigenvalue weighted by molar-refractivity contribution is 7.96. The fourth-order valence-corrected chi connectivity index (χ4v) is 5.57. The minimum atomic E-state index is -2.39. The van der Waals surface area contributed by atoms with E-state index in [4.69, 9.17) is 11.2 Å². The number of hydrogen-bond acceptors (Lipinski definition) is 0. The fourth-order valence-electron chi connectivity index (χ4n) is 3.21. The van der Waals surface area contributed by atoms with E-state index in [1.807, 2.05) is 0 Å². The van der Waals surface area contributed by atoms with Gasteiger partial charge in [-0.25, -0.2) is 35.1 Å². The minimum Gasteiger partial charge on any atom is -0.203 e. The van der Waals surface area contributed by atoms with Crippen LogP contribution in [-0.2, 0) is 0 Å². The van der Waals surface area contributed by atoms with Gasteiger partial charge in [0.15, 0.2) is 46.5 Å². The van der Waals surface area contributed by atoms with Crippen LogP contribution in [-0.4, -0.2) is 0 Å². The summed E-state index contributed by atoms with van der Waals surface area (Å²) in [6, 6.07) is 6.65. The zero-order chi connectivity index (χ0) is 21.9. The van der Waals surface area contributed by atoms with Gasteiger partial charge in [0, 0.05) is 32.2 Å². The van der Waals surface area contributed by atoms with Crippen molar-refractivity contribution in [2.75, 3.05) is 0 Å². The zero-order valence-electron chi connectivity index (χ0n) is 14.3. The van der Waals surface area contributed by atoms with Gasteiger partial charge in [0.25, 0.3) is 0 Å². The van der Waals surface area contributed by atoms with Crippen LogP contribution in [0.5, 0.6) is 0 Å². The molecule has 0 amide bonds. The van der Waals surface area contributed by atoms with Crippen LogP contribution in [0.3, 0.4) is 0 Å². The topological polar surface area (TPSA) is 0 Å². The molecular formula is C20H6ClF8P. The molecule has 4 aromatic carbocycles. The smallest absolute Gasteiger partial charge is 0.198 e. The molecule has 0 aliphatic heterocycles. The predicted octanol–water partition coefficient (Wildman–Crippen LogP) is 6.69. The lowest BCUT2D eigenvalue weighted by Crippen LogP contribution is -2.15. The summed E-state index contributed by atoms with van der Waals surface area (Å²) in [5.74, 6) is -15.0. The van der Waals surface area contributed by atoms with Crippen molar-refractivity contribution in [1.82, 2.24) is 0 Å².